The highest BCUT2D eigenvalue weighted by atomic mass is 35.5. The molecule has 0 aromatic heterocycles. The van der Waals surface area contributed by atoms with Crippen LogP contribution in [-0.4, -0.2) is 0 Å². The minimum absolute atomic E-state index is 0.0941. The summed E-state index contributed by atoms with van der Waals surface area (Å²) in [6.45, 7) is 4.22. The molecule has 1 unspecified atom stereocenters. The Hall–Kier alpha value is -1.54. The van der Waals surface area contributed by atoms with E-state index in [-0.39, 0.29) is 11.9 Å². The zero-order chi connectivity index (χ0) is 14.5. The van der Waals surface area contributed by atoms with Crippen LogP contribution in [-0.2, 0) is 6.42 Å². The number of hydrogen-bond donors (Lipinski definition) is 1. The Morgan fingerprint density at radius 2 is 1.80 bits per heavy atom. The van der Waals surface area contributed by atoms with Gasteiger partial charge in [0.25, 0.3) is 0 Å². The summed E-state index contributed by atoms with van der Waals surface area (Å²) in [6, 6.07) is 13.3. The maximum atomic E-state index is 13.8. The van der Waals surface area contributed by atoms with Gasteiger partial charge in [0.05, 0.1) is 11.7 Å². The van der Waals surface area contributed by atoms with Crippen LogP contribution in [0.2, 0.25) is 5.02 Å². The van der Waals surface area contributed by atoms with E-state index in [1.54, 1.807) is 12.1 Å². The van der Waals surface area contributed by atoms with Crippen LogP contribution in [0.15, 0.2) is 42.5 Å². The molecule has 0 aliphatic carbocycles. The number of halogens is 2. The van der Waals surface area contributed by atoms with Crippen LogP contribution in [0.3, 0.4) is 0 Å². The van der Waals surface area contributed by atoms with Crippen LogP contribution < -0.4 is 5.32 Å². The first-order valence-corrected chi connectivity index (χ1v) is 7.32. The molecule has 0 aliphatic rings. The third-order valence-corrected chi connectivity index (χ3v) is 3.69. The second kappa shape index (κ2) is 6.76. The van der Waals surface area contributed by atoms with Crippen molar-refractivity contribution >= 4 is 17.3 Å². The van der Waals surface area contributed by atoms with E-state index in [0.29, 0.717) is 10.7 Å². The fourth-order valence-corrected chi connectivity index (χ4v) is 2.36. The number of rotatable bonds is 5. The zero-order valence-corrected chi connectivity index (χ0v) is 12.5. The first kappa shape index (κ1) is 14.9. The predicted octanol–water partition coefficient (Wildman–Crippen LogP) is 5.60. The molecule has 0 bridgehead atoms. The Kier molecular flexibility index (Phi) is 5.02. The van der Waals surface area contributed by atoms with Gasteiger partial charge >= 0.3 is 0 Å². The molecule has 0 radical (unpaired) electrons. The topological polar surface area (TPSA) is 12.0 Å². The van der Waals surface area contributed by atoms with Crippen LogP contribution in [0, 0.1) is 5.82 Å². The first-order valence-electron chi connectivity index (χ1n) is 6.94. The molecule has 0 saturated heterocycles. The molecule has 2 rings (SSSR count). The summed E-state index contributed by atoms with van der Waals surface area (Å²) in [7, 11) is 0. The van der Waals surface area contributed by atoms with E-state index in [0.717, 1.165) is 12.8 Å². The molecule has 3 heteroatoms. The van der Waals surface area contributed by atoms with E-state index in [1.807, 2.05) is 0 Å². The van der Waals surface area contributed by atoms with Gasteiger partial charge in [0, 0.05) is 5.02 Å². The molecule has 1 atom stereocenters. The Morgan fingerprint density at radius 3 is 2.35 bits per heavy atom. The average Bonchev–Trinajstić information content (AvgIpc) is 2.47. The molecule has 20 heavy (non-hydrogen) atoms. The maximum absolute atomic E-state index is 13.8. The molecular formula is C17H19ClFN. The Morgan fingerprint density at radius 1 is 1.10 bits per heavy atom. The van der Waals surface area contributed by atoms with Crippen molar-refractivity contribution in [2.75, 3.05) is 5.32 Å². The Bertz CT molecular complexity index is 566. The fourth-order valence-electron chi connectivity index (χ4n) is 2.20. The van der Waals surface area contributed by atoms with Crippen LogP contribution in [0.1, 0.15) is 37.4 Å². The van der Waals surface area contributed by atoms with E-state index in [9.17, 15) is 4.39 Å². The van der Waals surface area contributed by atoms with Crippen molar-refractivity contribution in [3.05, 3.63) is 64.4 Å². The molecule has 2 aromatic rings. The highest BCUT2D eigenvalue weighted by Gasteiger charge is 2.11. The lowest BCUT2D eigenvalue weighted by atomic mass is 10.0. The number of aryl methyl sites for hydroxylation is 1. The number of nitrogens with one attached hydrogen (secondary N) is 1. The summed E-state index contributed by atoms with van der Waals surface area (Å²) >= 11 is 5.77. The number of hydrogen-bond acceptors (Lipinski definition) is 1. The van der Waals surface area contributed by atoms with Crippen LogP contribution in [0.25, 0.3) is 0 Å². The molecule has 1 N–H and O–H groups in total. The molecule has 0 aliphatic heterocycles. The molecule has 0 fully saturated rings. The van der Waals surface area contributed by atoms with E-state index in [1.165, 1.54) is 17.2 Å². The van der Waals surface area contributed by atoms with E-state index in [2.05, 4.69) is 43.4 Å². The second-order valence-corrected chi connectivity index (χ2v) is 5.26. The first-order chi connectivity index (χ1) is 9.63. The third-order valence-electron chi connectivity index (χ3n) is 3.46. The zero-order valence-electron chi connectivity index (χ0n) is 11.8. The molecule has 0 amide bonds. The molecule has 0 spiro atoms. The predicted molar refractivity (Wildman–Crippen MR) is 83.9 cm³/mol. The van der Waals surface area contributed by atoms with Crippen LogP contribution in [0.5, 0.6) is 0 Å². The second-order valence-electron chi connectivity index (χ2n) is 4.82. The van der Waals surface area contributed by atoms with Gasteiger partial charge in [-0.1, -0.05) is 49.7 Å². The maximum Gasteiger partial charge on any atom is 0.147 e. The van der Waals surface area contributed by atoms with E-state index in [4.69, 9.17) is 11.6 Å². The van der Waals surface area contributed by atoms with Gasteiger partial charge < -0.3 is 5.32 Å². The highest BCUT2D eigenvalue weighted by molar-refractivity contribution is 6.30. The standard InChI is InChI=1S/C17H19ClFN/c1-3-12-5-7-13(8-6-12)16(4-2)20-17-10-9-14(18)11-15(17)19/h5-11,16,20H,3-4H2,1-2H3. The quantitative estimate of drug-likeness (QED) is 0.755. The molecular weight excluding hydrogens is 273 g/mol. The summed E-state index contributed by atoms with van der Waals surface area (Å²) in [6.07, 6.45) is 1.91. The lowest BCUT2D eigenvalue weighted by Crippen LogP contribution is -2.10. The van der Waals surface area contributed by atoms with Crippen LogP contribution in [0.4, 0.5) is 10.1 Å². The lowest BCUT2D eigenvalue weighted by molar-refractivity contribution is 0.624. The monoisotopic (exact) mass is 291 g/mol. The molecule has 0 saturated carbocycles. The third kappa shape index (κ3) is 3.51. The molecule has 1 nitrogen and oxygen atoms in total. The van der Waals surface area contributed by atoms with Gasteiger partial charge in [-0.2, -0.15) is 0 Å². The van der Waals surface area contributed by atoms with Crippen LogP contribution >= 0.6 is 11.6 Å². The smallest absolute Gasteiger partial charge is 0.147 e. The van der Waals surface area contributed by atoms with Crippen molar-refractivity contribution in [2.45, 2.75) is 32.7 Å². The van der Waals surface area contributed by atoms with Gasteiger partial charge in [0.2, 0.25) is 0 Å². The molecule has 2 aromatic carbocycles. The Labute approximate surface area is 124 Å². The van der Waals surface area contributed by atoms with Gasteiger partial charge in [0.15, 0.2) is 0 Å². The van der Waals surface area contributed by atoms with Crippen molar-refractivity contribution in [1.82, 2.24) is 0 Å². The molecule has 106 valence electrons. The fraction of sp³-hybridized carbons (Fsp3) is 0.294. The summed E-state index contributed by atoms with van der Waals surface area (Å²) in [5, 5.41) is 3.65. The van der Waals surface area contributed by atoms with Gasteiger partial charge in [-0.25, -0.2) is 4.39 Å². The summed E-state index contributed by atoms with van der Waals surface area (Å²) in [5.74, 6) is -0.318. The highest BCUT2D eigenvalue weighted by Crippen LogP contribution is 2.26. The van der Waals surface area contributed by atoms with Gasteiger partial charge in [-0.15, -0.1) is 0 Å². The Balaban J connectivity index is 2.19. The number of anilines is 1. The van der Waals surface area contributed by atoms with Gasteiger partial charge in [0.1, 0.15) is 5.82 Å². The van der Waals surface area contributed by atoms with Crippen molar-refractivity contribution < 1.29 is 4.39 Å². The van der Waals surface area contributed by atoms with E-state index >= 15 is 0 Å². The molecule has 0 heterocycles. The average molecular weight is 292 g/mol. The lowest BCUT2D eigenvalue weighted by Gasteiger charge is -2.19. The SMILES string of the molecule is CCc1ccc(C(CC)Nc2ccc(Cl)cc2F)cc1. The van der Waals surface area contributed by atoms with Crippen molar-refractivity contribution in [2.24, 2.45) is 0 Å². The van der Waals surface area contributed by atoms with Gasteiger partial charge in [-0.05, 0) is 42.2 Å². The minimum Gasteiger partial charge on any atom is -0.376 e. The summed E-state index contributed by atoms with van der Waals surface area (Å²) < 4.78 is 13.8. The van der Waals surface area contributed by atoms with Crippen molar-refractivity contribution in [3.63, 3.8) is 0 Å². The van der Waals surface area contributed by atoms with Crippen molar-refractivity contribution in [3.8, 4) is 0 Å². The summed E-state index contributed by atoms with van der Waals surface area (Å²) in [5.41, 5.74) is 2.96. The largest absolute Gasteiger partial charge is 0.376 e. The van der Waals surface area contributed by atoms with E-state index < -0.39 is 0 Å². The summed E-state index contributed by atoms with van der Waals surface area (Å²) in [4.78, 5) is 0. The number of benzene rings is 2. The normalized spacial score (nSPS) is 12.2. The van der Waals surface area contributed by atoms with Gasteiger partial charge in [-0.3, -0.25) is 0 Å². The minimum atomic E-state index is -0.318. The van der Waals surface area contributed by atoms with Crippen molar-refractivity contribution in [1.29, 1.82) is 0 Å².